The van der Waals surface area contributed by atoms with Crippen LogP contribution in [0.4, 0.5) is 0 Å². The number of nitrogens with zero attached hydrogens (tertiary/aromatic N) is 4. The number of nitrogens with one attached hydrogen (secondary N) is 1. The van der Waals surface area contributed by atoms with E-state index >= 15 is 0 Å². The topological polar surface area (TPSA) is 54.7 Å². The number of hydrogen-bond donors (Lipinski definition) is 1. The molecule has 2 heterocycles. The maximum absolute atomic E-state index is 5.43. The molecule has 1 N–H and O–H groups in total. The Hall–Kier alpha value is -0.830. The number of hydrogen-bond acceptors (Lipinski definition) is 3. The van der Waals surface area contributed by atoms with Crippen molar-refractivity contribution in [2.24, 2.45) is 10.9 Å². The number of rotatable bonds is 7. The standard InChI is InChI=1S/C18H33N5O.HI/c1-15-14-16(2)23(21-15)10-5-9-20-18(19-3)22(4)11-6-17-7-12-24-13-8-17;/h14,17H,5-13H2,1-4H3,(H,19,20);1H. The average Bonchev–Trinajstić information content (AvgIpc) is 2.91. The summed E-state index contributed by atoms with van der Waals surface area (Å²) in [4.78, 5) is 6.64. The predicted octanol–water partition coefficient (Wildman–Crippen LogP) is 2.83. The van der Waals surface area contributed by atoms with Gasteiger partial charge in [-0.2, -0.15) is 5.10 Å². The Labute approximate surface area is 169 Å². The molecule has 0 radical (unpaired) electrons. The Morgan fingerprint density at radius 1 is 1.40 bits per heavy atom. The summed E-state index contributed by atoms with van der Waals surface area (Å²) >= 11 is 0. The Balaban J connectivity index is 0.00000312. The lowest BCUT2D eigenvalue weighted by Gasteiger charge is -2.26. The Morgan fingerprint density at radius 3 is 2.72 bits per heavy atom. The van der Waals surface area contributed by atoms with Crippen LogP contribution in [0.1, 0.15) is 37.1 Å². The number of aliphatic imine (C=N–C) groups is 1. The summed E-state index contributed by atoms with van der Waals surface area (Å²) in [6.45, 7) is 8.89. The predicted molar refractivity (Wildman–Crippen MR) is 114 cm³/mol. The third-order valence-corrected chi connectivity index (χ3v) is 4.72. The molecule has 0 aliphatic carbocycles. The fraction of sp³-hybridized carbons (Fsp3) is 0.778. The van der Waals surface area contributed by atoms with Crippen molar-refractivity contribution in [2.75, 3.05) is 40.4 Å². The lowest BCUT2D eigenvalue weighted by Crippen LogP contribution is -2.40. The van der Waals surface area contributed by atoms with Crippen molar-refractivity contribution in [1.29, 1.82) is 0 Å². The van der Waals surface area contributed by atoms with Gasteiger partial charge in [-0.1, -0.05) is 0 Å². The van der Waals surface area contributed by atoms with Gasteiger partial charge in [-0.25, -0.2) is 0 Å². The van der Waals surface area contributed by atoms with Gasteiger partial charge in [0, 0.05) is 52.6 Å². The molecule has 7 heteroatoms. The van der Waals surface area contributed by atoms with Gasteiger partial charge in [0.25, 0.3) is 0 Å². The summed E-state index contributed by atoms with van der Waals surface area (Å²) in [7, 11) is 3.98. The molecule has 0 saturated carbocycles. The van der Waals surface area contributed by atoms with Crippen molar-refractivity contribution >= 4 is 29.9 Å². The highest BCUT2D eigenvalue weighted by Crippen LogP contribution is 2.18. The summed E-state index contributed by atoms with van der Waals surface area (Å²) < 4.78 is 7.51. The Bertz CT molecular complexity index is 526. The second-order valence-electron chi connectivity index (χ2n) is 6.74. The van der Waals surface area contributed by atoms with Gasteiger partial charge in [-0.3, -0.25) is 9.67 Å². The van der Waals surface area contributed by atoms with Gasteiger partial charge in [0.1, 0.15) is 0 Å². The zero-order valence-electron chi connectivity index (χ0n) is 16.1. The normalized spacial score (nSPS) is 15.8. The zero-order valence-corrected chi connectivity index (χ0v) is 18.5. The molecule has 1 saturated heterocycles. The van der Waals surface area contributed by atoms with Gasteiger partial charge >= 0.3 is 0 Å². The van der Waals surface area contributed by atoms with Crippen LogP contribution in [0.5, 0.6) is 0 Å². The quantitative estimate of drug-likeness (QED) is 0.293. The van der Waals surface area contributed by atoms with E-state index in [1.54, 1.807) is 0 Å². The molecule has 6 nitrogen and oxygen atoms in total. The van der Waals surface area contributed by atoms with Crippen molar-refractivity contribution in [1.82, 2.24) is 20.0 Å². The second kappa shape index (κ2) is 11.7. The molecule has 0 aromatic carbocycles. The zero-order chi connectivity index (χ0) is 17.4. The average molecular weight is 463 g/mol. The highest BCUT2D eigenvalue weighted by atomic mass is 127. The molecule has 0 spiro atoms. The molecule has 1 fully saturated rings. The van der Waals surface area contributed by atoms with Crippen molar-refractivity contribution in [3.05, 3.63) is 17.5 Å². The monoisotopic (exact) mass is 463 g/mol. The first kappa shape index (κ1) is 22.2. The number of aromatic nitrogens is 2. The Kier molecular flexibility index (Phi) is 10.4. The van der Waals surface area contributed by atoms with E-state index in [1.807, 2.05) is 14.0 Å². The van der Waals surface area contributed by atoms with Gasteiger partial charge in [0.2, 0.25) is 0 Å². The van der Waals surface area contributed by atoms with Crippen LogP contribution in [-0.2, 0) is 11.3 Å². The van der Waals surface area contributed by atoms with Gasteiger partial charge in [-0.05, 0) is 51.5 Å². The van der Waals surface area contributed by atoms with Gasteiger partial charge < -0.3 is 15.0 Å². The van der Waals surface area contributed by atoms with E-state index in [-0.39, 0.29) is 24.0 Å². The molecular formula is C18H34IN5O. The molecule has 25 heavy (non-hydrogen) atoms. The van der Waals surface area contributed by atoms with Crippen molar-refractivity contribution in [3.8, 4) is 0 Å². The number of aryl methyl sites for hydroxylation is 3. The minimum atomic E-state index is 0. The van der Waals surface area contributed by atoms with Crippen LogP contribution in [0.25, 0.3) is 0 Å². The van der Waals surface area contributed by atoms with E-state index in [2.05, 4.69) is 45.0 Å². The molecule has 1 aromatic rings. The van der Waals surface area contributed by atoms with E-state index in [0.717, 1.165) is 56.8 Å². The van der Waals surface area contributed by atoms with Crippen molar-refractivity contribution in [2.45, 2.75) is 46.1 Å². The van der Waals surface area contributed by atoms with Crippen LogP contribution < -0.4 is 5.32 Å². The first-order chi connectivity index (χ1) is 11.6. The molecule has 1 aliphatic rings. The van der Waals surface area contributed by atoms with Gasteiger partial charge in [0.15, 0.2) is 5.96 Å². The first-order valence-corrected chi connectivity index (χ1v) is 9.10. The largest absolute Gasteiger partial charge is 0.381 e. The molecule has 0 unspecified atom stereocenters. The summed E-state index contributed by atoms with van der Waals surface area (Å²) in [6.07, 6.45) is 4.64. The SMILES string of the molecule is CN=C(NCCCn1nc(C)cc1C)N(C)CCC1CCOCC1.I. The van der Waals surface area contributed by atoms with Crippen LogP contribution in [0, 0.1) is 19.8 Å². The minimum absolute atomic E-state index is 0. The smallest absolute Gasteiger partial charge is 0.193 e. The van der Waals surface area contributed by atoms with E-state index in [0.29, 0.717) is 0 Å². The number of ether oxygens (including phenoxy) is 1. The molecule has 0 amide bonds. The van der Waals surface area contributed by atoms with E-state index in [1.165, 1.54) is 25.0 Å². The van der Waals surface area contributed by atoms with Crippen LogP contribution in [0.15, 0.2) is 11.1 Å². The van der Waals surface area contributed by atoms with Crippen molar-refractivity contribution in [3.63, 3.8) is 0 Å². The molecular weight excluding hydrogens is 429 g/mol. The highest BCUT2D eigenvalue weighted by Gasteiger charge is 2.15. The molecule has 144 valence electrons. The third kappa shape index (κ3) is 7.52. The van der Waals surface area contributed by atoms with E-state index in [4.69, 9.17) is 4.74 Å². The lowest BCUT2D eigenvalue weighted by molar-refractivity contribution is 0.0625. The van der Waals surface area contributed by atoms with Crippen LogP contribution in [0.2, 0.25) is 0 Å². The molecule has 0 atom stereocenters. The molecule has 0 bridgehead atoms. The highest BCUT2D eigenvalue weighted by molar-refractivity contribution is 14.0. The first-order valence-electron chi connectivity index (χ1n) is 9.10. The van der Waals surface area contributed by atoms with E-state index in [9.17, 15) is 0 Å². The molecule has 1 aromatic heterocycles. The summed E-state index contributed by atoms with van der Waals surface area (Å²) in [6, 6.07) is 2.12. The van der Waals surface area contributed by atoms with Crippen molar-refractivity contribution < 1.29 is 4.74 Å². The minimum Gasteiger partial charge on any atom is -0.381 e. The second-order valence-corrected chi connectivity index (χ2v) is 6.74. The summed E-state index contributed by atoms with van der Waals surface area (Å²) in [5.74, 6) is 1.78. The van der Waals surface area contributed by atoms with Crippen LogP contribution in [0.3, 0.4) is 0 Å². The van der Waals surface area contributed by atoms with Crippen LogP contribution >= 0.6 is 24.0 Å². The lowest BCUT2D eigenvalue weighted by atomic mass is 9.96. The molecule has 2 rings (SSSR count). The summed E-state index contributed by atoms with van der Waals surface area (Å²) in [5.41, 5.74) is 2.31. The number of halogens is 1. The van der Waals surface area contributed by atoms with Gasteiger partial charge in [-0.15, -0.1) is 24.0 Å². The summed E-state index contributed by atoms with van der Waals surface area (Å²) in [5, 5.41) is 7.96. The maximum atomic E-state index is 5.43. The van der Waals surface area contributed by atoms with Crippen LogP contribution in [-0.4, -0.2) is 61.0 Å². The van der Waals surface area contributed by atoms with E-state index < -0.39 is 0 Å². The fourth-order valence-electron chi connectivity index (χ4n) is 3.23. The molecule has 1 aliphatic heterocycles. The van der Waals surface area contributed by atoms with Gasteiger partial charge in [0.05, 0.1) is 5.69 Å². The fourth-order valence-corrected chi connectivity index (χ4v) is 3.23. The maximum Gasteiger partial charge on any atom is 0.193 e. The third-order valence-electron chi connectivity index (χ3n) is 4.72. The Morgan fingerprint density at radius 2 is 2.12 bits per heavy atom. The number of guanidine groups is 1.